The van der Waals surface area contributed by atoms with Crippen molar-refractivity contribution in [2.45, 2.75) is 6.92 Å². The molecule has 3 rings (SSSR count). The smallest absolute Gasteiger partial charge is 0.238 e. The number of carbonyl (C=O) groups is 1. The van der Waals surface area contributed by atoms with E-state index >= 15 is 0 Å². The molecule has 0 unspecified atom stereocenters. The molecule has 0 aliphatic carbocycles. The maximum Gasteiger partial charge on any atom is 0.238 e. The molecule has 10 nitrogen and oxygen atoms in total. The van der Waals surface area contributed by atoms with Gasteiger partial charge in [0.25, 0.3) is 0 Å². The summed E-state index contributed by atoms with van der Waals surface area (Å²) in [7, 11) is 0.188. The van der Waals surface area contributed by atoms with Gasteiger partial charge in [-0.1, -0.05) is 0 Å². The molecular formula is C18H31N7O3S. The zero-order valence-corrected chi connectivity index (χ0v) is 18.5. The number of piperazine rings is 2. The first-order chi connectivity index (χ1) is 13.6. The van der Waals surface area contributed by atoms with Crippen LogP contribution < -0.4 is 9.80 Å². The Bertz CT molecular complexity index is 832. The molecule has 3 heterocycles. The molecule has 0 radical (unpaired) electrons. The van der Waals surface area contributed by atoms with E-state index in [-0.39, 0.29) is 12.5 Å². The first-order valence-electron chi connectivity index (χ1n) is 9.86. The largest absolute Gasteiger partial charge is 0.354 e. The monoisotopic (exact) mass is 425 g/mol. The van der Waals surface area contributed by atoms with Gasteiger partial charge in [-0.05, 0) is 14.0 Å². The molecule has 0 spiro atoms. The van der Waals surface area contributed by atoms with Gasteiger partial charge in [0.15, 0.2) is 0 Å². The molecule has 1 aromatic rings. The zero-order chi connectivity index (χ0) is 21.2. The van der Waals surface area contributed by atoms with Crippen molar-refractivity contribution in [2.24, 2.45) is 0 Å². The Kier molecular flexibility index (Phi) is 6.59. The third-order valence-electron chi connectivity index (χ3n) is 5.52. The quantitative estimate of drug-likeness (QED) is 0.598. The number of sulfonamides is 1. The third kappa shape index (κ3) is 5.55. The van der Waals surface area contributed by atoms with E-state index < -0.39 is 10.0 Å². The van der Waals surface area contributed by atoms with Crippen LogP contribution in [-0.4, -0.2) is 118 Å². The molecule has 0 aromatic carbocycles. The van der Waals surface area contributed by atoms with Crippen LogP contribution in [0.5, 0.6) is 0 Å². The van der Waals surface area contributed by atoms with Crippen LogP contribution in [0.2, 0.25) is 0 Å². The van der Waals surface area contributed by atoms with Crippen LogP contribution in [0.4, 0.5) is 11.6 Å². The van der Waals surface area contributed by atoms with Crippen LogP contribution in [0.3, 0.4) is 0 Å². The summed E-state index contributed by atoms with van der Waals surface area (Å²) in [5.74, 6) is 2.40. The molecule has 2 saturated heterocycles. The van der Waals surface area contributed by atoms with E-state index in [4.69, 9.17) is 0 Å². The number of anilines is 2. The SMILES string of the molecule is Cc1nc(N2CCN(C)CC2)cc(N2CCN(C(=O)CN(C)S(C)(=O)=O)CC2)n1. The molecule has 0 bridgehead atoms. The fourth-order valence-electron chi connectivity index (χ4n) is 3.49. The van der Waals surface area contributed by atoms with Crippen molar-refractivity contribution < 1.29 is 13.2 Å². The van der Waals surface area contributed by atoms with Crippen molar-refractivity contribution in [2.75, 3.05) is 89.1 Å². The van der Waals surface area contributed by atoms with Crippen LogP contribution >= 0.6 is 0 Å². The molecular weight excluding hydrogens is 394 g/mol. The number of hydrogen-bond acceptors (Lipinski definition) is 8. The maximum atomic E-state index is 12.4. The van der Waals surface area contributed by atoms with Gasteiger partial charge in [0, 0.05) is 65.5 Å². The first-order valence-corrected chi connectivity index (χ1v) is 11.7. The third-order valence-corrected chi connectivity index (χ3v) is 6.78. The van der Waals surface area contributed by atoms with Crippen molar-refractivity contribution in [3.05, 3.63) is 11.9 Å². The summed E-state index contributed by atoms with van der Waals surface area (Å²) in [6.45, 7) is 8.11. The summed E-state index contributed by atoms with van der Waals surface area (Å²) in [4.78, 5) is 30.1. The van der Waals surface area contributed by atoms with Gasteiger partial charge in [-0.15, -0.1) is 0 Å². The second-order valence-corrected chi connectivity index (χ2v) is 9.90. The van der Waals surface area contributed by atoms with Gasteiger partial charge in [-0.25, -0.2) is 18.4 Å². The average Bonchev–Trinajstić information content (AvgIpc) is 2.67. The second-order valence-electron chi connectivity index (χ2n) is 7.81. The van der Waals surface area contributed by atoms with Crippen molar-refractivity contribution in [3.63, 3.8) is 0 Å². The van der Waals surface area contributed by atoms with Crippen LogP contribution in [0.1, 0.15) is 5.82 Å². The number of amides is 1. The number of rotatable bonds is 5. The normalized spacial score (nSPS) is 19.1. The number of carbonyl (C=O) groups excluding carboxylic acids is 1. The highest BCUT2D eigenvalue weighted by Gasteiger charge is 2.25. The van der Waals surface area contributed by atoms with E-state index in [2.05, 4.69) is 31.7 Å². The maximum absolute atomic E-state index is 12.4. The minimum Gasteiger partial charge on any atom is -0.354 e. The van der Waals surface area contributed by atoms with E-state index in [0.29, 0.717) is 26.2 Å². The summed E-state index contributed by atoms with van der Waals surface area (Å²) in [6.07, 6.45) is 1.10. The molecule has 2 fully saturated rings. The molecule has 162 valence electrons. The highest BCUT2D eigenvalue weighted by atomic mass is 32.2. The first kappa shape index (κ1) is 21.7. The van der Waals surface area contributed by atoms with Crippen LogP contribution in [-0.2, 0) is 14.8 Å². The molecule has 2 aliphatic rings. The Morgan fingerprint density at radius 2 is 1.48 bits per heavy atom. The summed E-state index contributed by atoms with van der Waals surface area (Å²) in [5, 5.41) is 0. The Morgan fingerprint density at radius 1 is 1.00 bits per heavy atom. The highest BCUT2D eigenvalue weighted by molar-refractivity contribution is 7.88. The minimum atomic E-state index is -3.36. The van der Waals surface area contributed by atoms with Gasteiger partial charge in [0.2, 0.25) is 15.9 Å². The molecule has 0 N–H and O–H groups in total. The Hall–Kier alpha value is -1.98. The molecule has 1 amide bonds. The van der Waals surface area contributed by atoms with E-state index in [1.54, 1.807) is 4.90 Å². The Labute approximate surface area is 173 Å². The van der Waals surface area contributed by atoms with E-state index in [9.17, 15) is 13.2 Å². The lowest BCUT2D eigenvalue weighted by Crippen LogP contribution is -2.51. The van der Waals surface area contributed by atoms with Crippen molar-refractivity contribution in [1.82, 2.24) is 24.1 Å². The molecule has 29 heavy (non-hydrogen) atoms. The van der Waals surface area contributed by atoms with E-state index in [1.165, 1.54) is 7.05 Å². The highest BCUT2D eigenvalue weighted by Crippen LogP contribution is 2.21. The molecule has 1 aromatic heterocycles. The van der Waals surface area contributed by atoms with Gasteiger partial charge < -0.3 is 19.6 Å². The lowest BCUT2D eigenvalue weighted by atomic mass is 10.3. The number of likely N-dealkylation sites (N-methyl/N-ethyl adjacent to an activating group) is 2. The summed E-state index contributed by atoms with van der Waals surface area (Å²) in [6, 6.07) is 2.03. The predicted molar refractivity (Wildman–Crippen MR) is 113 cm³/mol. The lowest BCUT2D eigenvalue weighted by molar-refractivity contribution is -0.131. The minimum absolute atomic E-state index is 0.126. The average molecular weight is 426 g/mol. The number of hydrogen-bond donors (Lipinski definition) is 0. The van der Waals surface area contributed by atoms with Gasteiger partial charge >= 0.3 is 0 Å². The van der Waals surface area contributed by atoms with Crippen molar-refractivity contribution in [1.29, 1.82) is 0 Å². The van der Waals surface area contributed by atoms with Crippen LogP contribution in [0, 0.1) is 6.92 Å². The summed E-state index contributed by atoms with van der Waals surface area (Å²) in [5.41, 5.74) is 0. The van der Waals surface area contributed by atoms with Crippen molar-refractivity contribution >= 4 is 27.6 Å². The number of aryl methyl sites for hydroxylation is 1. The number of aromatic nitrogens is 2. The number of nitrogens with zero attached hydrogens (tertiary/aromatic N) is 7. The van der Waals surface area contributed by atoms with Gasteiger partial charge in [-0.3, -0.25) is 4.79 Å². The van der Waals surface area contributed by atoms with Crippen molar-refractivity contribution in [3.8, 4) is 0 Å². The lowest BCUT2D eigenvalue weighted by Gasteiger charge is -2.37. The fraction of sp³-hybridized carbons (Fsp3) is 0.722. The standard InChI is InChI=1S/C18H31N7O3S/c1-15-19-16(23-7-5-21(2)6-8-23)13-17(20-15)24-9-11-25(12-10-24)18(26)14-22(3)29(4,27)28/h13H,5-12,14H2,1-4H3. The summed E-state index contributed by atoms with van der Waals surface area (Å²) >= 11 is 0. The Balaban J connectivity index is 1.61. The topological polar surface area (TPSA) is 93.2 Å². The summed E-state index contributed by atoms with van der Waals surface area (Å²) < 4.78 is 24.1. The van der Waals surface area contributed by atoms with Crippen LogP contribution in [0.15, 0.2) is 6.07 Å². The predicted octanol–water partition coefficient (Wildman–Crippen LogP) is -0.923. The van der Waals surface area contributed by atoms with E-state index in [0.717, 1.165) is 54.2 Å². The Morgan fingerprint density at radius 3 is 1.97 bits per heavy atom. The molecule has 0 saturated carbocycles. The van der Waals surface area contributed by atoms with E-state index in [1.807, 2.05) is 13.0 Å². The van der Waals surface area contributed by atoms with Gasteiger partial charge in [0.1, 0.15) is 17.5 Å². The fourth-order valence-corrected chi connectivity index (χ4v) is 3.83. The van der Waals surface area contributed by atoms with Crippen LogP contribution in [0.25, 0.3) is 0 Å². The molecule has 2 aliphatic heterocycles. The second kappa shape index (κ2) is 8.80. The van der Waals surface area contributed by atoms with Gasteiger partial charge in [-0.2, -0.15) is 4.31 Å². The van der Waals surface area contributed by atoms with Gasteiger partial charge in [0.05, 0.1) is 12.8 Å². The zero-order valence-electron chi connectivity index (χ0n) is 17.7. The molecule has 11 heteroatoms. The molecule has 0 atom stereocenters.